The maximum atomic E-state index is 12.8. The predicted octanol–water partition coefficient (Wildman–Crippen LogP) is 3.04. The van der Waals surface area contributed by atoms with Crippen molar-refractivity contribution in [3.8, 4) is 11.5 Å². The minimum atomic E-state index is -0.323. The molecule has 1 amide bonds. The Bertz CT molecular complexity index is 916. The van der Waals surface area contributed by atoms with E-state index in [1.807, 2.05) is 54.3 Å². The lowest BCUT2D eigenvalue weighted by molar-refractivity contribution is -0.142. The molecular weight excluding hydrogens is 396 g/mol. The van der Waals surface area contributed by atoms with Crippen LogP contribution in [-0.4, -0.2) is 51.2 Å². The number of hydrogen-bond acceptors (Lipinski definition) is 6. The predicted molar refractivity (Wildman–Crippen MR) is 117 cm³/mol. The zero-order valence-corrected chi connectivity index (χ0v) is 18.5. The van der Waals surface area contributed by atoms with E-state index in [1.54, 1.807) is 14.2 Å². The third kappa shape index (κ3) is 5.35. The second-order valence-corrected chi connectivity index (χ2v) is 7.62. The van der Waals surface area contributed by atoms with Crippen LogP contribution in [0.15, 0.2) is 42.5 Å². The largest absolute Gasteiger partial charge is 0.493 e. The fourth-order valence-electron chi connectivity index (χ4n) is 4.05. The average Bonchev–Trinajstić information content (AvgIpc) is 2.79. The monoisotopic (exact) mass is 426 g/mol. The number of hydrogen-bond donors (Lipinski definition) is 1. The van der Waals surface area contributed by atoms with Gasteiger partial charge in [-0.05, 0) is 42.2 Å². The molecule has 0 unspecified atom stereocenters. The average molecular weight is 427 g/mol. The number of ether oxygens (including phenoxy) is 3. The Labute approximate surface area is 183 Å². The van der Waals surface area contributed by atoms with Crippen LogP contribution >= 0.6 is 0 Å². The molecule has 2 atom stereocenters. The van der Waals surface area contributed by atoms with E-state index < -0.39 is 0 Å². The number of methoxy groups -OCH3 is 3. The molecule has 0 fully saturated rings. The van der Waals surface area contributed by atoms with E-state index in [0.717, 1.165) is 23.1 Å². The number of fused-ring (bicyclic) bond motifs is 1. The van der Waals surface area contributed by atoms with E-state index in [2.05, 4.69) is 5.32 Å². The van der Waals surface area contributed by atoms with Gasteiger partial charge in [0.25, 0.3) is 0 Å². The van der Waals surface area contributed by atoms with Gasteiger partial charge in [0.2, 0.25) is 5.91 Å². The molecular formula is C24H30N2O5. The zero-order valence-electron chi connectivity index (χ0n) is 18.5. The Morgan fingerprint density at radius 1 is 1.10 bits per heavy atom. The van der Waals surface area contributed by atoms with Gasteiger partial charge < -0.3 is 19.5 Å². The molecule has 1 aliphatic rings. The number of amides is 1. The van der Waals surface area contributed by atoms with Crippen molar-refractivity contribution in [2.75, 3.05) is 34.4 Å². The van der Waals surface area contributed by atoms with Crippen LogP contribution in [0.4, 0.5) is 0 Å². The fourth-order valence-corrected chi connectivity index (χ4v) is 4.05. The van der Waals surface area contributed by atoms with E-state index >= 15 is 0 Å². The van der Waals surface area contributed by atoms with Gasteiger partial charge in [-0.2, -0.15) is 0 Å². The van der Waals surface area contributed by atoms with Gasteiger partial charge in [0.1, 0.15) is 0 Å². The number of benzene rings is 2. The van der Waals surface area contributed by atoms with Gasteiger partial charge in [0.15, 0.2) is 11.5 Å². The molecule has 2 aromatic carbocycles. The summed E-state index contributed by atoms with van der Waals surface area (Å²) < 4.78 is 15.8. The first-order valence-electron chi connectivity index (χ1n) is 10.4. The number of nitrogens with one attached hydrogen (secondary N) is 1. The molecule has 31 heavy (non-hydrogen) atoms. The van der Waals surface area contributed by atoms with Crippen molar-refractivity contribution in [3.05, 3.63) is 59.2 Å². The Hall–Kier alpha value is -3.06. The quantitative estimate of drug-likeness (QED) is 0.654. The molecule has 2 aromatic rings. The van der Waals surface area contributed by atoms with E-state index in [-0.39, 0.29) is 36.9 Å². The molecule has 1 N–H and O–H groups in total. The van der Waals surface area contributed by atoms with Crippen LogP contribution in [-0.2, 0) is 20.7 Å². The first-order chi connectivity index (χ1) is 15.0. The summed E-state index contributed by atoms with van der Waals surface area (Å²) in [6.07, 6.45) is 0.898. The van der Waals surface area contributed by atoms with Crippen molar-refractivity contribution < 1.29 is 23.8 Å². The first kappa shape index (κ1) is 22.6. The molecule has 1 heterocycles. The van der Waals surface area contributed by atoms with Crippen LogP contribution in [0.3, 0.4) is 0 Å². The smallest absolute Gasteiger partial charge is 0.307 e. The topological polar surface area (TPSA) is 77.1 Å². The molecule has 7 nitrogen and oxygen atoms in total. The van der Waals surface area contributed by atoms with Crippen molar-refractivity contribution in [3.63, 3.8) is 0 Å². The van der Waals surface area contributed by atoms with Gasteiger partial charge in [-0.3, -0.25) is 14.5 Å². The molecule has 1 aliphatic heterocycles. The first-order valence-corrected chi connectivity index (χ1v) is 10.4. The highest BCUT2D eigenvalue weighted by atomic mass is 16.5. The minimum Gasteiger partial charge on any atom is -0.493 e. The molecule has 7 heteroatoms. The van der Waals surface area contributed by atoms with Gasteiger partial charge in [0, 0.05) is 12.6 Å². The van der Waals surface area contributed by atoms with Crippen molar-refractivity contribution in [2.24, 2.45) is 0 Å². The molecule has 0 radical (unpaired) electrons. The van der Waals surface area contributed by atoms with Gasteiger partial charge in [0.05, 0.1) is 40.3 Å². The normalized spacial score (nSPS) is 16.7. The highest BCUT2D eigenvalue weighted by molar-refractivity contribution is 5.79. The van der Waals surface area contributed by atoms with Gasteiger partial charge in [-0.15, -0.1) is 0 Å². The lowest BCUT2D eigenvalue weighted by Crippen LogP contribution is -2.44. The summed E-state index contributed by atoms with van der Waals surface area (Å²) in [5.41, 5.74) is 3.09. The van der Waals surface area contributed by atoms with E-state index in [0.29, 0.717) is 18.0 Å². The van der Waals surface area contributed by atoms with E-state index in [1.165, 1.54) is 7.11 Å². The van der Waals surface area contributed by atoms with Crippen molar-refractivity contribution in [2.45, 2.75) is 31.8 Å². The van der Waals surface area contributed by atoms with E-state index in [4.69, 9.17) is 14.2 Å². The Morgan fingerprint density at radius 3 is 2.42 bits per heavy atom. The fraction of sp³-hybridized carbons (Fsp3) is 0.417. The highest BCUT2D eigenvalue weighted by Gasteiger charge is 2.32. The van der Waals surface area contributed by atoms with Crippen molar-refractivity contribution in [1.82, 2.24) is 10.2 Å². The number of carbonyl (C=O) groups excluding carboxylic acids is 2. The lowest BCUT2D eigenvalue weighted by atomic mass is 9.90. The van der Waals surface area contributed by atoms with Crippen LogP contribution in [0, 0.1) is 0 Å². The summed E-state index contributed by atoms with van der Waals surface area (Å²) in [7, 11) is 4.56. The molecule has 0 bridgehead atoms. The van der Waals surface area contributed by atoms with Crippen molar-refractivity contribution in [1.29, 1.82) is 0 Å². The summed E-state index contributed by atoms with van der Waals surface area (Å²) >= 11 is 0. The molecule has 0 spiro atoms. The second kappa shape index (κ2) is 10.3. The molecule has 166 valence electrons. The Morgan fingerprint density at radius 2 is 1.77 bits per heavy atom. The summed E-state index contributed by atoms with van der Waals surface area (Å²) in [4.78, 5) is 27.0. The number of carbonyl (C=O) groups is 2. The lowest BCUT2D eigenvalue weighted by Gasteiger charge is -2.37. The number of esters is 1. The standard InChI is InChI=1S/C24H30N2O5/c1-16(17-8-6-5-7-9-17)25-23(27)15-26-11-10-18-12-21(29-2)22(30-3)13-19(18)20(26)14-24(28)31-4/h5-9,12-13,16,20H,10-11,14-15H2,1-4H3,(H,25,27)/t16-,20-/m0/s1. The summed E-state index contributed by atoms with van der Waals surface area (Å²) in [6, 6.07) is 13.3. The van der Waals surface area contributed by atoms with Crippen LogP contribution in [0.1, 0.15) is 42.1 Å². The molecule has 0 saturated carbocycles. The van der Waals surface area contributed by atoms with Crippen molar-refractivity contribution >= 4 is 11.9 Å². The van der Waals surface area contributed by atoms with Crippen LogP contribution in [0.5, 0.6) is 11.5 Å². The molecule has 3 rings (SSSR count). The second-order valence-electron chi connectivity index (χ2n) is 7.62. The van der Waals surface area contributed by atoms with Crippen LogP contribution in [0.25, 0.3) is 0 Å². The minimum absolute atomic E-state index is 0.0878. The van der Waals surface area contributed by atoms with Crippen LogP contribution in [0.2, 0.25) is 0 Å². The summed E-state index contributed by atoms with van der Waals surface area (Å²) in [5, 5.41) is 3.05. The summed E-state index contributed by atoms with van der Waals surface area (Å²) in [6.45, 7) is 2.80. The number of rotatable bonds is 8. The maximum Gasteiger partial charge on any atom is 0.307 e. The van der Waals surface area contributed by atoms with Gasteiger partial charge >= 0.3 is 5.97 Å². The SMILES string of the molecule is COC(=O)C[C@H]1c2cc(OC)c(OC)cc2CCN1CC(=O)N[C@@H](C)c1ccccc1. The highest BCUT2D eigenvalue weighted by Crippen LogP contribution is 2.39. The summed E-state index contributed by atoms with van der Waals surface area (Å²) in [5.74, 6) is 0.840. The molecule has 0 saturated heterocycles. The molecule has 0 aliphatic carbocycles. The number of nitrogens with zero attached hydrogens (tertiary/aromatic N) is 1. The third-order valence-corrected chi connectivity index (χ3v) is 5.72. The third-order valence-electron chi connectivity index (χ3n) is 5.72. The van der Waals surface area contributed by atoms with Gasteiger partial charge in [-0.25, -0.2) is 0 Å². The molecule has 0 aromatic heterocycles. The Kier molecular flexibility index (Phi) is 7.52. The van der Waals surface area contributed by atoms with Gasteiger partial charge in [-0.1, -0.05) is 30.3 Å². The maximum absolute atomic E-state index is 12.8. The van der Waals surface area contributed by atoms with E-state index in [9.17, 15) is 9.59 Å². The van der Waals surface area contributed by atoms with Crippen LogP contribution < -0.4 is 14.8 Å². The Balaban J connectivity index is 1.81. The zero-order chi connectivity index (χ0) is 22.4.